The molecule has 1 saturated carbocycles. The highest BCUT2D eigenvalue weighted by atomic mass is 16.7. The fraction of sp³-hybridized carbons (Fsp3) is 0.909. The molecule has 1 amide bonds. The first kappa shape index (κ1) is 12.7. The van der Waals surface area contributed by atoms with E-state index in [1.807, 2.05) is 27.7 Å². The summed E-state index contributed by atoms with van der Waals surface area (Å²) < 4.78 is 11.9. The monoisotopic (exact) mass is 241 g/mol. The van der Waals surface area contributed by atoms with Crippen LogP contribution in [0.1, 0.15) is 34.1 Å². The van der Waals surface area contributed by atoms with Gasteiger partial charge in [0.25, 0.3) is 0 Å². The standard InChI is InChI=1S/C11H20BNO4/c1-10(2)11(3,4)17-12(16-10)8-5-7(8)6-13-9(14)15/h7-8,13H,5-6H2,1-4H3,(H,14,15). The van der Waals surface area contributed by atoms with Crippen molar-refractivity contribution < 1.29 is 19.2 Å². The maximum atomic E-state index is 10.4. The second kappa shape index (κ2) is 3.88. The fourth-order valence-corrected chi connectivity index (χ4v) is 2.12. The minimum atomic E-state index is -0.968. The highest BCUT2D eigenvalue weighted by molar-refractivity contribution is 6.48. The first-order chi connectivity index (χ1) is 7.73. The van der Waals surface area contributed by atoms with Crippen LogP contribution in [0.4, 0.5) is 4.79 Å². The molecule has 2 rings (SSSR count). The van der Waals surface area contributed by atoms with E-state index in [0.717, 1.165) is 6.42 Å². The minimum absolute atomic E-state index is 0.194. The summed E-state index contributed by atoms with van der Waals surface area (Å²) in [6.45, 7) is 8.60. The van der Waals surface area contributed by atoms with Gasteiger partial charge >= 0.3 is 13.2 Å². The van der Waals surface area contributed by atoms with E-state index in [1.165, 1.54) is 0 Å². The molecule has 2 atom stereocenters. The van der Waals surface area contributed by atoms with Crippen LogP contribution in [0.15, 0.2) is 0 Å². The molecule has 0 bridgehead atoms. The average molecular weight is 241 g/mol. The first-order valence-corrected chi connectivity index (χ1v) is 6.05. The van der Waals surface area contributed by atoms with Gasteiger partial charge in [0.1, 0.15) is 0 Å². The summed E-state index contributed by atoms with van der Waals surface area (Å²) in [4.78, 5) is 10.4. The number of nitrogens with one attached hydrogen (secondary N) is 1. The van der Waals surface area contributed by atoms with Gasteiger partial charge in [-0.2, -0.15) is 0 Å². The third-order valence-electron chi connectivity index (χ3n) is 4.11. The zero-order chi connectivity index (χ0) is 12.8. The number of amides is 1. The van der Waals surface area contributed by atoms with Crippen LogP contribution in [0.2, 0.25) is 5.82 Å². The van der Waals surface area contributed by atoms with E-state index in [9.17, 15) is 4.79 Å². The van der Waals surface area contributed by atoms with Crippen molar-refractivity contribution >= 4 is 13.2 Å². The quantitative estimate of drug-likeness (QED) is 0.738. The van der Waals surface area contributed by atoms with Gasteiger partial charge in [-0.25, -0.2) is 4.79 Å². The third kappa shape index (κ3) is 2.42. The van der Waals surface area contributed by atoms with E-state index in [1.54, 1.807) is 0 Å². The van der Waals surface area contributed by atoms with E-state index in [2.05, 4.69) is 5.32 Å². The van der Waals surface area contributed by atoms with Gasteiger partial charge in [0.15, 0.2) is 0 Å². The molecule has 17 heavy (non-hydrogen) atoms. The van der Waals surface area contributed by atoms with Crippen molar-refractivity contribution in [3.63, 3.8) is 0 Å². The summed E-state index contributed by atoms with van der Waals surface area (Å²) in [5.74, 6) is 0.670. The van der Waals surface area contributed by atoms with Gasteiger partial charge in [-0.15, -0.1) is 0 Å². The molecular formula is C11H20BNO4. The fourth-order valence-electron chi connectivity index (χ4n) is 2.12. The molecule has 0 aromatic carbocycles. The van der Waals surface area contributed by atoms with Crippen LogP contribution in [0.3, 0.4) is 0 Å². The molecule has 1 aliphatic heterocycles. The Hall–Kier alpha value is -0.745. The van der Waals surface area contributed by atoms with Gasteiger partial charge in [0, 0.05) is 6.54 Å². The van der Waals surface area contributed by atoms with Crippen molar-refractivity contribution in [1.29, 1.82) is 0 Å². The molecule has 2 aliphatic rings. The van der Waals surface area contributed by atoms with Gasteiger partial charge in [-0.3, -0.25) is 0 Å². The minimum Gasteiger partial charge on any atom is -0.465 e. The molecule has 2 unspecified atom stereocenters. The molecule has 0 radical (unpaired) electrons. The summed E-state index contributed by atoms with van der Waals surface area (Å²) >= 11 is 0. The van der Waals surface area contributed by atoms with Gasteiger partial charge in [0.2, 0.25) is 0 Å². The SMILES string of the molecule is CC1(C)OB(C2CC2CNC(=O)O)OC1(C)C. The van der Waals surface area contributed by atoms with E-state index in [-0.39, 0.29) is 18.3 Å². The Morgan fingerprint density at radius 2 is 1.88 bits per heavy atom. The highest BCUT2D eigenvalue weighted by Gasteiger charge is 2.59. The Morgan fingerprint density at radius 3 is 2.35 bits per heavy atom. The van der Waals surface area contributed by atoms with Crippen LogP contribution < -0.4 is 5.32 Å². The number of hydrogen-bond donors (Lipinski definition) is 2. The van der Waals surface area contributed by atoms with Crippen molar-refractivity contribution in [2.45, 2.75) is 51.1 Å². The van der Waals surface area contributed by atoms with Crippen LogP contribution in [-0.2, 0) is 9.31 Å². The van der Waals surface area contributed by atoms with Crippen LogP contribution in [0.5, 0.6) is 0 Å². The summed E-state index contributed by atoms with van der Waals surface area (Å²) in [6, 6.07) is 0. The van der Waals surface area contributed by atoms with Crippen molar-refractivity contribution in [2.24, 2.45) is 5.92 Å². The summed E-state index contributed by atoms with van der Waals surface area (Å²) in [7, 11) is -0.194. The van der Waals surface area contributed by atoms with Crippen LogP contribution in [0, 0.1) is 5.92 Å². The molecule has 2 fully saturated rings. The smallest absolute Gasteiger partial charge is 0.461 e. The lowest BCUT2D eigenvalue weighted by Gasteiger charge is -2.32. The van der Waals surface area contributed by atoms with Gasteiger partial charge in [-0.1, -0.05) is 0 Å². The Morgan fingerprint density at radius 1 is 1.35 bits per heavy atom. The van der Waals surface area contributed by atoms with Gasteiger partial charge < -0.3 is 19.7 Å². The second-order valence-corrected chi connectivity index (χ2v) is 5.97. The van der Waals surface area contributed by atoms with E-state index < -0.39 is 6.09 Å². The largest absolute Gasteiger partial charge is 0.465 e. The lowest BCUT2D eigenvalue weighted by Crippen LogP contribution is -2.41. The Bertz CT molecular complexity index is 315. The lowest BCUT2D eigenvalue weighted by atomic mass is 9.80. The summed E-state index contributed by atoms with van der Waals surface area (Å²) in [5.41, 5.74) is -0.601. The Kier molecular flexibility index (Phi) is 2.90. The zero-order valence-corrected chi connectivity index (χ0v) is 10.8. The molecule has 1 saturated heterocycles. The maximum Gasteiger partial charge on any atom is 0.461 e. The molecule has 0 spiro atoms. The zero-order valence-electron chi connectivity index (χ0n) is 10.8. The molecule has 0 aromatic rings. The van der Waals surface area contributed by atoms with Crippen molar-refractivity contribution in [3.05, 3.63) is 0 Å². The van der Waals surface area contributed by atoms with Gasteiger partial charge in [0.05, 0.1) is 11.2 Å². The van der Waals surface area contributed by atoms with Crippen molar-refractivity contribution in [1.82, 2.24) is 5.32 Å². The van der Waals surface area contributed by atoms with Crippen molar-refractivity contribution in [2.75, 3.05) is 6.54 Å². The lowest BCUT2D eigenvalue weighted by molar-refractivity contribution is 0.00578. The number of hydrogen-bond acceptors (Lipinski definition) is 3. The molecule has 96 valence electrons. The van der Waals surface area contributed by atoms with Crippen LogP contribution in [-0.4, -0.2) is 36.1 Å². The van der Waals surface area contributed by atoms with Gasteiger partial charge in [-0.05, 0) is 45.9 Å². The van der Waals surface area contributed by atoms with Crippen LogP contribution in [0.25, 0.3) is 0 Å². The maximum absolute atomic E-state index is 10.4. The van der Waals surface area contributed by atoms with E-state index >= 15 is 0 Å². The van der Waals surface area contributed by atoms with E-state index in [4.69, 9.17) is 14.4 Å². The summed E-state index contributed by atoms with van der Waals surface area (Å²) in [5, 5.41) is 10.9. The number of rotatable bonds is 3. The Balaban J connectivity index is 1.85. The highest BCUT2D eigenvalue weighted by Crippen LogP contribution is 2.52. The molecule has 6 heteroatoms. The third-order valence-corrected chi connectivity index (χ3v) is 4.11. The average Bonchev–Trinajstić information content (AvgIpc) is 2.87. The predicted molar refractivity (Wildman–Crippen MR) is 64.0 cm³/mol. The number of carboxylic acid groups (broad SMARTS) is 1. The number of carbonyl (C=O) groups is 1. The molecule has 0 aromatic heterocycles. The molecule has 2 N–H and O–H groups in total. The van der Waals surface area contributed by atoms with E-state index in [0.29, 0.717) is 18.3 Å². The predicted octanol–water partition coefficient (Wildman–Crippen LogP) is 1.74. The topological polar surface area (TPSA) is 67.8 Å². The molecular weight excluding hydrogens is 221 g/mol. The van der Waals surface area contributed by atoms with Crippen molar-refractivity contribution in [3.8, 4) is 0 Å². The first-order valence-electron chi connectivity index (χ1n) is 6.05. The summed E-state index contributed by atoms with van der Waals surface area (Å²) in [6.07, 6.45) is 0.00136. The second-order valence-electron chi connectivity index (χ2n) is 5.97. The molecule has 1 aliphatic carbocycles. The Labute approximate surface area is 102 Å². The molecule has 5 nitrogen and oxygen atoms in total. The molecule has 1 heterocycles. The van der Waals surface area contributed by atoms with Crippen LogP contribution >= 0.6 is 0 Å². The normalized spacial score (nSPS) is 33.5.